The lowest BCUT2D eigenvalue weighted by Gasteiger charge is -2.18. The normalized spacial score (nSPS) is 11.2. The molecule has 0 nitrogen and oxygen atoms in total. The number of hydrogen-bond donors (Lipinski definition) is 0. The summed E-state index contributed by atoms with van der Waals surface area (Å²) in [7, 11) is -0.256. The molecule has 24 heavy (non-hydrogen) atoms. The molecule has 3 rings (SSSR count). The predicted octanol–water partition coefficient (Wildman–Crippen LogP) is 5.61. The molecule has 3 aromatic rings. The molecule has 0 radical (unpaired) electrons. The Balaban J connectivity index is 1.62. The quantitative estimate of drug-likeness (QED) is 0.390. The van der Waals surface area contributed by atoms with Crippen molar-refractivity contribution in [3.63, 3.8) is 0 Å². The third kappa shape index (κ3) is 4.91. The zero-order valence-corrected chi connectivity index (χ0v) is 14.8. The lowest BCUT2D eigenvalue weighted by Crippen LogP contribution is -2.13. The van der Waals surface area contributed by atoms with Gasteiger partial charge in [-0.15, -0.1) is 0 Å². The van der Waals surface area contributed by atoms with Crippen LogP contribution in [0.4, 0.5) is 0 Å². The van der Waals surface area contributed by atoms with E-state index in [0.29, 0.717) is 0 Å². The van der Waals surface area contributed by atoms with Gasteiger partial charge in [0.15, 0.2) is 0 Å². The number of rotatable bonds is 7. The van der Waals surface area contributed by atoms with Gasteiger partial charge in [-0.1, -0.05) is 103 Å². The lowest BCUT2D eigenvalue weighted by atomic mass is 10.2. The molecule has 0 aliphatic carbocycles. The van der Waals surface area contributed by atoms with E-state index in [1.54, 1.807) is 0 Å². The molecular formula is C23H23P. The Morgan fingerprint density at radius 1 is 0.625 bits per heavy atom. The van der Waals surface area contributed by atoms with Crippen LogP contribution in [-0.4, -0.2) is 6.16 Å². The van der Waals surface area contributed by atoms with Gasteiger partial charge >= 0.3 is 0 Å². The molecule has 0 atom stereocenters. The van der Waals surface area contributed by atoms with Crippen molar-refractivity contribution in [1.29, 1.82) is 0 Å². The second-order valence-corrected chi connectivity index (χ2v) is 8.11. The fourth-order valence-electron chi connectivity index (χ4n) is 2.77. The molecule has 0 N–H and O–H groups in total. The Morgan fingerprint density at radius 2 is 1.12 bits per heavy atom. The molecule has 0 saturated heterocycles. The van der Waals surface area contributed by atoms with E-state index < -0.39 is 0 Å². The molecule has 0 saturated carbocycles. The van der Waals surface area contributed by atoms with E-state index in [4.69, 9.17) is 0 Å². The number of hydrogen-bond acceptors (Lipinski definition) is 0. The zero-order valence-electron chi connectivity index (χ0n) is 13.9. The second kappa shape index (κ2) is 9.21. The van der Waals surface area contributed by atoms with Gasteiger partial charge in [0.2, 0.25) is 0 Å². The van der Waals surface area contributed by atoms with E-state index in [0.717, 1.165) is 6.42 Å². The van der Waals surface area contributed by atoms with Crippen LogP contribution < -0.4 is 10.6 Å². The van der Waals surface area contributed by atoms with Crippen LogP contribution in [0, 0.1) is 0 Å². The molecule has 0 aliphatic heterocycles. The highest BCUT2D eigenvalue weighted by Gasteiger charge is 2.12. The van der Waals surface area contributed by atoms with Crippen LogP contribution in [0.5, 0.6) is 0 Å². The highest BCUT2D eigenvalue weighted by Crippen LogP contribution is 2.34. The van der Waals surface area contributed by atoms with Gasteiger partial charge in [-0.25, -0.2) is 0 Å². The largest absolute Gasteiger partial charge is 0.0839 e. The van der Waals surface area contributed by atoms with Crippen LogP contribution in [0.2, 0.25) is 0 Å². The summed E-state index contributed by atoms with van der Waals surface area (Å²) in [4.78, 5) is 0. The Bertz CT molecular complexity index is 693. The maximum atomic E-state index is 2.30. The van der Waals surface area contributed by atoms with Crippen molar-refractivity contribution in [1.82, 2.24) is 0 Å². The fraction of sp³-hybridized carbons (Fsp3) is 0.130. The van der Waals surface area contributed by atoms with Crippen LogP contribution in [-0.2, 0) is 0 Å². The lowest BCUT2D eigenvalue weighted by molar-refractivity contribution is 0.972. The van der Waals surface area contributed by atoms with Crippen LogP contribution >= 0.6 is 7.92 Å². The van der Waals surface area contributed by atoms with Gasteiger partial charge in [0.05, 0.1) is 0 Å². The number of unbranched alkanes of at least 4 members (excludes halogenated alkanes) is 1. The molecule has 0 aliphatic rings. The van der Waals surface area contributed by atoms with Crippen molar-refractivity contribution in [3.8, 4) is 0 Å². The Morgan fingerprint density at radius 3 is 1.67 bits per heavy atom. The topological polar surface area (TPSA) is 0 Å². The smallest absolute Gasteiger partial charge is 0.0195 e. The van der Waals surface area contributed by atoms with Gasteiger partial charge in [-0.05, 0) is 43.1 Å². The molecular weight excluding hydrogens is 307 g/mol. The van der Waals surface area contributed by atoms with Gasteiger partial charge < -0.3 is 0 Å². The fourth-order valence-corrected chi connectivity index (χ4v) is 5.15. The van der Waals surface area contributed by atoms with E-state index >= 15 is 0 Å². The summed E-state index contributed by atoms with van der Waals surface area (Å²) < 4.78 is 0. The monoisotopic (exact) mass is 330 g/mol. The average Bonchev–Trinajstić information content (AvgIpc) is 2.67. The van der Waals surface area contributed by atoms with Gasteiger partial charge in [0.25, 0.3) is 0 Å². The maximum Gasteiger partial charge on any atom is -0.0195 e. The number of allylic oxidation sites excluding steroid dienone is 1. The predicted molar refractivity (Wildman–Crippen MR) is 109 cm³/mol. The Kier molecular flexibility index (Phi) is 6.40. The Labute approximate surface area is 146 Å². The highest BCUT2D eigenvalue weighted by atomic mass is 31.1. The van der Waals surface area contributed by atoms with Crippen LogP contribution in [0.1, 0.15) is 18.4 Å². The minimum absolute atomic E-state index is 0.256. The third-order valence-corrected chi connectivity index (χ3v) is 6.60. The molecule has 120 valence electrons. The summed E-state index contributed by atoms with van der Waals surface area (Å²) in [5, 5.41) is 2.96. The zero-order chi connectivity index (χ0) is 16.5. The second-order valence-electron chi connectivity index (χ2n) is 5.78. The van der Waals surface area contributed by atoms with Gasteiger partial charge in [0, 0.05) is 0 Å². The van der Waals surface area contributed by atoms with Crippen molar-refractivity contribution < 1.29 is 0 Å². The van der Waals surface area contributed by atoms with Crippen molar-refractivity contribution in [2.45, 2.75) is 12.8 Å². The maximum absolute atomic E-state index is 2.30. The minimum atomic E-state index is -0.256. The van der Waals surface area contributed by atoms with Crippen molar-refractivity contribution in [2.75, 3.05) is 6.16 Å². The molecule has 0 amide bonds. The molecule has 1 heteroatoms. The SMILES string of the molecule is C(=C\c1ccccc1)/CCCP(c1ccccc1)c1ccccc1. The number of benzene rings is 3. The summed E-state index contributed by atoms with van der Waals surface area (Å²) in [6, 6.07) is 32.5. The summed E-state index contributed by atoms with van der Waals surface area (Å²) in [5.41, 5.74) is 1.28. The summed E-state index contributed by atoms with van der Waals surface area (Å²) >= 11 is 0. The summed E-state index contributed by atoms with van der Waals surface area (Å²) in [6.07, 6.45) is 8.13. The molecule has 0 bridgehead atoms. The molecule has 3 aromatic carbocycles. The van der Waals surface area contributed by atoms with Crippen LogP contribution in [0.15, 0.2) is 97.1 Å². The van der Waals surface area contributed by atoms with E-state index in [2.05, 4.69) is 103 Å². The summed E-state index contributed by atoms with van der Waals surface area (Å²) in [5.74, 6) is 0. The van der Waals surface area contributed by atoms with Gasteiger partial charge in [-0.3, -0.25) is 0 Å². The van der Waals surface area contributed by atoms with E-state index in [1.165, 1.54) is 28.8 Å². The molecule has 0 aromatic heterocycles. The highest BCUT2D eigenvalue weighted by molar-refractivity contribution is 7.73. The molecule has 0 fully saturated rings. The molecule has 0 unspecified atom stereocenters. The third-order valence-electron chi connectivity index (χ3n) is 4.00. The molecule has 0 heterocycles. The van der Waals surface area contributed by atoms with E-state index in [9.17, 15) is 0 Å². The first-order chi connectivity index (χ1) is 11.9. The first-order valence-electron chi connectivity index (χ1n) is 8.53. The van der Waals surface area contributed by atoms with E-state index in [1.807, 2.05) is 0 Å². The van der Waals surface area contributed by atoms with Crippen LogP contribution in [0.25, 0.3) is 6.08 Å². The van der Waals surface area contributed by atoms with Crippen molar-refractivity contribution in [2.24, 2.45) is 0 Å². The van der Waals surface area contributed by atoms with Crippen molar-refractivity contribution in [3.05, 3.63) is 103 Å². The Hall–Kier alpha value is -2.17. The van der Waals surface area contributed by atoms with Gasteiger partial charge in [-0.2, -0.15) is 0 Å². The van der Waals surface area contributed by atoms with E-state index in [-0.39, 0.29) is 7.92 Å². The first-order valence-corrected chi connectivity index (χ1v) is 10.1. The van der Waals surface area contributed by atoms with Crippen molar-refractivity contribution >= 4 is 24.6 Å². The van der Waals surface area contributed by atoms with Gasteiger partial charge in [0.1, 0.15) is 0 Å². The minimum Gasteiger partial charge on any atom is -0.0839 e. The standard InChI is InChI=1S/C23H23P/c1-5-13-21(14-6-1)15-7-4-12-20-24(22-16-8-2-9-17-22)23-18-10-3-11-19-23/h1-3,5-11,13-19H,4,12,20H2/b15-7+. The van der Waals surface area contributed by atoms with Crippen LogP contribution in [0.3, 0.4) is 0 Å². The first kappa shape index (κ1) is 16.7. The molecule has 0 spiro atoms. The summed E-state index contributed by atoms with van der Waals surface area (Å²) in [6.45, 7) is 0. The average molecular weight is 330 g/mol.